The van der Waals surface area contributed by atoms with Crippen LogP contribution in [0.1, 0.15) is 23.5 Å². The minimum absolute atomic E-state index is 0.0238. The van der Waals surface area contributed by atoms with Gasteiger partial charge in [0.05, 0.1) is 13.7 Å². The van der Waals surface area contributed by atoms with Crippen LogP contribution >= 0.6 is 11.6 Å². The van der Waals surface area contributed by atoms with E-state index in [2.05, 4.69) is 10.3 Å². The Morgan fingerprint density at radius 2 is 1.96 bits per heavy atom. The minimum Gasteiger partial charge on any atom is -0.497 e. The molecule has 0 saturated heterocycles. The molecule has 0 aliphatic carbocycles. The first-order chi connectivity index (χ1) is 13.1. The number of halogens is 1. The number of benzene rings is 2. The molecule has 0 aliphatic heterocycles. The van der Waals surface area contributed by atoms with Gasteiger partial charge in [0.25, 0.3) is 0 Å². The van der Waals surface area contributed by atoms with Gasteiger partial charge in [-0.15, -0.1) is 0 Å². The second-order valence-corrected chi connectivity index (χ2v) is 6.74. The van der Waals surface area contributed by atoms with Crippen LogP contribution in [0.3, 0.4) is 0 Å². The second kappa shape index (κ2) is 8.93. The normalized spacial score (nSPS) is 12.1. The van der Waals surface area contributed by atoms with Crippen molar-refractivity contribution < 1.29 is 14.3 Å². The number of ether oxygens (including phenoxy) is 2. The van der Waals surface area contributed by atoms with Gasteiger partial charge in [0.2, 0.25) is 5.91 Å². The lowest BCUT2D eigenvalue weighted by atomic mass is 9.88. The molecule has 5 nitrogen and oxygen atoms in total. The van der Waals surface area contributed by atoms with Crippen LogP contribution in [0.2, 0.25) is 5.02 Å². The topological polar surface area (TPSA) is 63.3 Å². The summed E-state index contributed by atoms with van der Waals surface area (Å²) < 4.78 is 10.4. The molecular formula is C21H23ClN2O3. The van der Waals surface area contributed by atoms with Gasteiger partial charge >= 0.3 is 0 Å². The lowest BCUT2D eigenvalue weighted by Gasteiger charge is -2.17. The lowest BCUT2D eigenvalue weighted by Crippen LogP contribution is -2.28. The van der Waals surface area contributed by atoms with Crippen molar-refractivity contribution >= 4 is 28.4 Å². The predicted molar refractivity (Wildman–Crippen MR) is 108 cm³/mol. The maximum Gasteiger partial charge on any atom is 0.221 e. The number of fused-ring (bicyclic) bond motifs is 1. The molecule has 1 atom stereocenters. The zero-order valence-electron chi connectivity index (χ0n) is 15.4. The Bertz CT molecular complexity index is 905. The number of methoxy groups -OCH3 is 2. The van der Waals surface area contributed by atoms with Gasteiger partial charge in [-0.05, 0) is 41.5 Å². The summed E-state index contributed by atoms with van der Waals surface area (Å²) in [5.41, 5.74) is 3.09. The van der Waals surface area contributed by atoms with Gasteiger partial charge in [-0.2, -0.15) is 0 Å². The molecule has 1 amide bonds. The molecule has 1 heterocycles. The van der Waals surface area contributed by atoms with E-state index in [1.165, 1.54) is 0 Å². The summed E-state index contributed by atoms with van der Waals surface area (Å²) in [5.74, 6) is 0.651. The summed E-state index contributed by atoms with van der Waals surface area (Å²) in [5, 5.41) is 4.61. The molecule has 0 radical (unpaired) electrons. The molecule has 0 spiro atoms. The smallest absolute Gasteiger partial charge is 0.221 e. The number of hydrogen-bond donors (Lipinski definition) is 2. The molecule has 0 aliphatic rings. The Morgan fingerprint density at radius 3 is 2.67 bits per heavy atom. The third-order valence-corrected chi connectivity index (χ3v) is 4.84. The van der Waals surface area contributed by atoms with E-state index in [4.69, 9.17) is 21.1 Å². The summed E-state index contributed by atoms with van der Waals surface area (Å²) >= 11 is 6.05. The monoisotopic (exact) mass is 386 g/mol. The van der Waals surface area contributed by atoms with E-state index in [0.717, 1.165) is 27.8 Å². The highest BCUT2D eigenvalue weighted by Crippen LogP contribution is 2.35. The first-order valence-corrected chi connectivity index (χ1v) is 9.16. The molecule has 0 unspecified atom stereocenters. The van der Waals surface area contributed by atoms with E-state index in [1.54, 1.807) is 14.2 Å². The predicted octanol–water partition coefficient (Wildman–Crippen LogP) is 4.11. The fourth-order valence-corrected chi connectivity index (χ4v) is 3.32. The Morgan fingerprint density at radius 1 is 1.19 bits per heavy atom. The summed E-state index contributed by atoms with van der Waals surface area (Å²) in [6.45, 7) is 0.978. The molecule has 0 fully saturated rings. The number of H-pyrrole nitrogens is 1. The van der Waals surface area contributed by atoms with Crippen LogP contribution in [0.15, 0.2) is 48.7 Å². The van der Waals surface area contributed by atoms with Crippen molar-refractivity contribution in [3.05, 3.63) is 64.8 Å². The van der Waals surface area contributed by atoms with Gasteiger partial charge in [0.15, 0.2) is 0 Å². The van der Waals surface area contributed by atoms with Crippen LogP contribution in [0.5, 0.6) is 5.75 Å². The maximum absolute atomic E-state index is 12.5. The van der Waals surface area contributed by atoms with Gasteiger partial charge in [-0.1, -0.05) is 23.7 Å². The molecule has 0 bridgehead atoms. The van der Waals surface area contributed by atoms with Gasteiger partial charge in [0, 0.05) is 48.1 Å². The molecule has 2 aromatic carbocycles. The van der Waals surface area contributed by atoms with Crippen LogP contribution in [0.4, 0.5) is 0 Å². The average molecular weight is 387 g/mol. The largest absolute Gasteiger partial charge is 0.497 e. The van der Waals surface area contributed by atoms with E-state index in [9.17, 15) is 4.79 Å². The number of aromatic nitrogens is 1. The van der Waals surface area contributed by atoms with Crippen LogP contribution < -0.4 is 10.1 Å². The van der Waals surface area contributed by atoms with Gasteiger partial charge in [0.1, 0.15) is 5.75 Å². The SMILES string of the molecule is COCCNC(=O)C[C@H](c1ccc(Cl)cc1)c1c[nH]c2ccc(OC)cc12. The average Bonchev–Trinajstić information content (AvgIpc) is 3.10. The summed E-state index contributed by atoms with van der Waals surface area (Å²) in [6.07, 6.45) is 2.29. The van der Waals surface area contributed by atoms with Crippen molar-refractivity contribution in [3.8, 4) is 5.75 Å². The molecule has 142 valence electrons. The minimum atomic E-state index is -0.106. The van der Waals surface area contributed by atoms with E-state index in [-0.39, 0.29) is 11.8 Å². The molecule has 0 saturated carbocycles. The number of carbonyl (C=O) groups is 1. The van der Waals surface area contributed by atoms with Crippen molar-refractivity contribution in [2.24, 2.45) is 0 Å². The quantitative estimate of drug-likeness (QED) is 0.572. The number of rotatable bonds is 8. The van der Waals surface area contributed by atoms with Crippen molar-refractivity contribution in [1.82, 2.24) is 10.3 Å². The van der Waals surface area contributed by atoms with Crippen LogP contribution in [-0.4, -0.2) is 38.3 Å². The Balaban J connectivity index is 1.96. The molecule has 27 heavy (non-hydrogen) atoms. The Kier molecular flexibility index (Phi) is 6.37. The molecule has 3 rings (SSSR count). The Labute approximate surface area is 163 Å². The molecular weight excluding hydrogens is 364 g/mol. The summed E-state index contributed by atoms with van der Waals surface area (Å²) in [6, 6.07) is 13.5. The fourth-order valence-electron chi connectivity index (χ4n) is 3.19. The fraction of sp³-hybridized carbons (Fsp3) is 0.286. The lowest BCUT2D eigenvalue weighted by molar-refractivity contribution is -0.121. The highest BCUT2D eigenvalue weighted by molar-refractivity contribution is 6.30. The summed E-state index contributed by atoms with van der Waals surface area (Å²) in [4.78, 5) is 15.8. The van der Waals surface area contributed by atoms with Crippen molar-refractivity contribution in [3.63, 3.8) is 0 Å². The Hall–Kier alpha value is -2.50. The third kappa shape index (κ3) is 4.62. The number of hydrogen-bond acceptors (Lipinski definition) is 3. The zero-order valence-corrected chi connectivity index (χ0v) is 16.2. The van der Waals surface area contributed by atoms with E-state index >= 15 is 0 Å². The van der Waals surface area contributed by atoms with Crippen molar-refractivity contribution in [1.29, 1.82) is 0 Å². The van der Waals surface area contributed by atoms with Crippen LogP contribution in [0, 0.1) is 0 Å². The van der Waals surface area contributed by atoms with Crippen molar-refractivity contribution in [2.45, 2.75) is 12.3 Å². The maximum atomic E-state index is 12.5. The number of aromatic amines is 1. The molecule has 2 N–H and O–H groups in total. The van der Waals surface area contributed by atoms with Gasteiger partial charge in [-0.25, -0.2) is 0 Å². The van der Waals surface area contributed by atoms with E-state index in [1.807, 2.05) is 48.7 Å². The summed E-state index contributed by atoms with van der Waals surface area (Å²) in [7, 11) is 3.26. The highest BCUT2D eigenvalue weighted by Gasteiger charge is 2.21. The first kappa shape index (κ1) is 19.3. The number of nitrogens with one attached hydrogen (secondary N) is 2. The molecule has 1 aromatic heterocycles. The van der Waals surface area contributed by atoms with E-state index in [0.29, 0.717) is 24.6 Å². The highest BCUT2D eigenvalue weighted by atomic mass is 35.5. The van der Waals surface area contributed by atoms with Crippen LogP contribution in [0.25, 0.3) is 10.9 Å². The van der Waals surface area contributed by atoms with Crippen molar-refractivity contribution in [2.75, 3.05) is 27.4 Å². The van der Waals surface area contributed by atoms with Gasteiger partial charge < -0.3 is 19.8 Å². The second-order valence-electron chi connectivity index (χ2n) is 6.31. The van der Waals surface area contributed by atoms with E-state index < -0.39 is 0 Å². The third-order valence-electron chi connectivity index (χ3n) is 4.59. The zero-order chi connectivity index (χ0) is 19.2. The standard InChI is InChI=1S/C21H23ClN2O3/c1-26-10-9-23-21(25)12-17(14-3-5-15(22)6-4-14)19-13-24-20-8-7-16(27-2)11-18(19)20/h3-8,11,13,17,24H,9-10,12H2,1-2H3,(H,23,25)/t17-/m1/s1. The number of amides is 1. The van der Waals surface area contributed by atoms with Gasteiger partial charge in [-0.3, -0.25) is 4.79 Å². The number of carbonyl (C=O) groups excluding carboxylic acids is 1. The van der Waals surface area contributed by atoms with Crippen LogP contribution in [-0.2, 0) is 9.53 Å². The molecule has 3 aromatic rings. The first-order valence-electron chi connectivity index (χ1n) is 8.78. The molecule has 6 heteroatoms.